The van der Waals surface area contributed by atoms with Gasteiger partial charge in [0.2, 0.25) is 0 Å². The Kier molecular flexibility index (Phi) is 5.25. The zero-order valence-corrected chi connectivity index (χ0v) is 16.9. The third-order valence-electron chi connectivity index (χ3n) is 5.33. The van der Waals surface area contributed by atoms with Gasteiger partial charge < -0.3 is 0 Å². The van der Waals surface area contributed by atoms with Crippen molar-refractivity contribution in [1.29, 1.82) is 0 Å². The summed E-state index contributed by atoms with van der Waals surface area (Å²) in [6.45, 7) is 6.30. The van der Waals surface area contributed by atoms with E-state index in [1.807, 2.05) is 0 Å². The van der Waals surface area contributed by atoms with Crippen LogP contribution in [-0.4, -0.2) is 14.5 Å². The Bertz CT molecular complexity index is 1080. The summed E-state index contributed by atoms with van der Waals surface area (Å²) >= 11 is 0. The molecule has 0 aliphatic rings. The molecular formula is C25H27N3. The van der Waals surface area contributed by atoms with Crippen LogP contribution in [0.25, 0.3) is 16.7 Å². The largest absolute Gasteiger partial charge is 0.296 e. The number of aromatic nitrogens is 3. The lowest BCUT2D eigenvalue weighted by Gasteiger charge is -2.11. The second kappa shape index (κ2) is 7.97. The van der Waals surface area contributed by atoms with Crippen molar-refractivity contribution >= 4 is 11.0 Å². The van der Waals surface area contributed by atoms with E-state index in [0.29, 0.717) is 0 Å². The van der Waals surface area contributed by atoms with Crippen LogP contribution < -0.4 is 0 Å². The highest BCUT2D eigenvalue weighted by Crippen LogP contribution is 2.25. The maximum absolute atomic E-state index is 5.00. The van der Waals surface area contributed by atoms with Crippen molar-refractivity contribution in [3.8, 4) is 5.69 Å². The summed E-state index contributed by atoms with van der Waals surface area (Å²) in [5.74, 6) is 1.12. The van der Waals surface area contributed by atoms with Gasteiger partial charge in [-0.25, -0.2) is 4.98 Å². The van der Waals surface area contributed by atoms with Gasteiger partial charge in [0.1, 0.15) is 11.3 Å². The van der Waals surface area contributed by atoms with Crippen LogP contribution in [0, 0.1) is 13.8 Å². The molecule has 0 bridgehead atoms. The van der Waals surface area contributed by atoms with Crippen molar-refractivity contribution in [3.05, 3.63) is 89.0 Å². The third kappa shape index (κ3) is 3.70. The zero-order chi connectivity index (χ0) is 19.5. The van der Waals surface area contributed by atoms with Gasteiger partial charge in [0.05, 0.1) is 11.2 Å². The number of benzene rings is 2. The Morgan fingerprint density at radius 1 is 0.821 bits per heavy atom. The summed E-state index contributed by atoms with van der Waals surface area (Å²) in [4.78, 5) is 9.63. The van der Waals surface area contributed by atoms with Crippen molar-refractivity contribution in [3.63, 3.8) is 0 Å². The summed E-state index contributed by atoms with van der Waals surface area (Å²) in [5, 5.41) is 0. The first-order valence-electron chi connectivity index (χ1n) is 10.1. The number of fused-ring (bicyclic) bond motifs is 1. The van der Waals surface area contributed by atoms with Gasteiger partial charge in [-0.1, -0.05) is 49.4 Å². The van der Waals surface area contributed by atoms with Crippen molar-refractivity contribution in [2.24, 2.45) is 0 Å². The summed E-state index contributed by atoms with van der Waals surface area (Å²) in [5.41, 5.74) is 8.12. The summed E-state index contributed by atoms with van der Waals surface area (Å²) in [6, 6.07) is 21.7. The minimum Gasteiger partial charge on any atom is -0.296 e. The van der Waals surface area contributed by atoms with E-state index < -0.39 is 0 Å². The summed E-state index contributed by atoms with van der Waals surface area (Å²) in [7, 11) is 0. The van der Waals surface area contributed by atoms with Gasteiger partial charge in [0.15, 0.2) is 0 Å². The normalized spacial score (nSPS) is 11.2. The van der Waals surface area contributed by atoms with Gasteiger partial charge in [0, 0.05) is 17.8 Å². The number of hydrogen-bond donors (Lipinski definition) is 0. The van der Waals surface area contributed by atoms with Crippen LogP contribution in [0.5, 0.6) is 0 Å². The van der Waals surface area contributed by atoms with Crippen molar-refractivity contribution < 1.29 is 0 Å². The molecule has 0 unspecified atom stereocenters. The minimum absolute atomic E-state index is 0.942. The Morgan fingerprint density at radius 2 is 1.57 bits per heavy atom. The maximum Gasteiger partial charge on any atom is 0.114 e. The maximum atomic E-state index is 5.00. The highest BCUT2D eigenvalue weighted by atomic mass is 15.1. The quantitative estimate of drug-likeness (QED) is 0.432. The van der Waals surface area contributed by atoms with E-state index in [2.05, 4.69) is 91.0 Å². The Balaban J connectivity index is 1.72. The van der Waals surface area contributed by atoms with E-state index in [0.717, 1.165) is 53.9 Å². The molecule has 0 amide bonds. The molecule has 0 N–H and O–H groups in total. The van der Waals surface area contributed by atoms with Crippen LogP contribution in [0.2, 0.25) is 0 Å². The van der Waals surface area contributed by atoms with E-state index in [-0.39, 0.29) is 0 Å². The number of aryl methyl sites for hydroxylation is 5. The Morgan fingerprint density at radius 3 is 2.29 bits per heavy atom. The molecule has 0 aliphatic heterocycles. The highest BCUT2D eigenvalue weighted by Gasteiger charge is 2.15. The van der Waals surface area contributed by atoms with Crippen LogP contribution in [-0.2, 0) is 19.3 Å². The molecule has 4 rings (SSSR count). The molecule has 0 aliphatic carbocycles. The molecule has 0 spiro atoms. The molecule has 3 heteroatoms. The average Bonchev–Trinajstić information content (AvgIpc) is 3.07. The molecular weight excluding hydrogens is 342 g/mol. The monoisotopic (exact) mass is 369 g/mol. The first kappa shape index (κ1) is 18.4. The van der Waals surface area contributed by atoms with Crippen molar-refractivity contribution in [2.75, 3.05) is 0 Å². The van der Waals surface area contributed by atoms with Crippen LogP contribution in [0.15, 0.2) is 60.7 Å². The number of nitrogens with zero attached hydrogens (tertiary/aromatic N) is 3. The minimum atomic E-state index is 0.942. The van der Waals surface area contributed by atoms with Crippen LogP contribution in [0.4, 0.5) is 0 Å². The van der Waals surface area contributed by atoms with E-state index in [1.165, 1.54) is 16.8 Å². The molecule has 3 nitrogen and oxygen atoms in total. The lowest BCUT2D eigenvalue weighted by Crippen LogP contribution is -2.03. The van der Waals surface area contributed by atoms with Gasteiger partial charge in [-0.15, -0.1) is 0 Å². The van der Waals surface area contributed by atoms with E-state index in [4.69, 9.17) is 4.98 Å². The summed E-state index contributed by atoms with van der Waals surface area (Å²) in [6.07, 6.45) is 4.13. The molecule has 2 aromatic heterocycles. The SMILES string of the molecule is CCc1ccc(-n2c(CCCc3ccccc3)nc3c(C)nc(C)cc32)cc1. The number of pyridine rings is 1. The highest BCUT2D eigenvalue weighted by molar-refractivity contribution is 5.80. The standard InChI is InChI=1S/C25H27N3/c1-4-20-13-15-22(16-14-20)28-23-17-18(2)26-19(3)25(23)27-24(28)12-8-11-21-9-6-5-7-10-21/h5-7,9-10,13-17H,4,8,11-12H2,1-3H3. The molecule has 142 valence electrons. The molecule has 0 radical (unpaired) electrons. The summed E-state index contributed by atoms with van der Waals surface area (Å²) < 4.78 is 2.32. The van der Waals surface area contributed by atoms with Crippen molar-refractivity contribution in [1.82, 2.24) is 14.5 Å². The number of rotatable bonds is 6. The second-order valence-corrected chi connectivity index (χ2v) is 7.44. The molecule has 0 fully saturated rings. The van der Waals surface area contributed by atoms with E-state index in [9.17, 15) is 0 Å². The van der Waals surface area contributed by atoms with E-state index in [1.54, 1.807) is 0 Å². The molecule has 0 saturated carbocycles. The van der Waals surface area contributed by atoms with Gasteiger partial charge >= 0.3 is 0 Å². The third-order valence-corrected chi connectivity index (χ3v) is 5.33. The zero-order valence-electron chi connectivity index (χ0n) is 16.9. The van der Waals surface area contributed by atoms with Gasteiger partial charge in [0.25, 0.3) is 0 Å². The lowest BCUT2D eigenvalue weighted by atomic mass is 10.1. The van der Waals surface area contributed by atoms with Gasteiger partial charge in [-0.05, 0) is 62.4 Å². The molecule has 2 aromatic carbocycles. The molecule has 0 atom stereocenters. The molecule has 4 aromatic rings. The van der Waals surface area contributed by atoms with Crippen LogP contribution in [0.1, 0.15) is 41.7 Å². The topological polar surface area (TPSA) is 30.7 Å². The number of imidazole rings is 1. The first-order chi connectivity index (χ1) is 13.7. The fourth-order valence-corrected chi connectivity index (χ4v) is 3.86. The second-order valence-electron chi connectivity index (χ2n) is 7.44. The van der Waals surface area contributed by atoms with Gasteiger partial charge in [-0.2, -0.15) is 0 Å². The number of hydrogen-bond acceptors (Lipinski definition) is 2. The van der Waals surface area contributed by atoms with Crippen molar-refractivity contribution in [2.45, 2.75) is 46.5 Å². The fraction of sp³-hybridized carbons (Fsp3) is 0.280. The Labute approximate surface area is 167 Å². The Hall–Kier alpha value is -2.94. The average molecular weight is 370 g/mol. The molecule has 28 heavy (non-hydrogen) atoms. The molecule has 0 saturated heterocycles. The fourth-order valence-electron chi connectivity index (χ4n) is 3.86. The predicted octanol–water partition coefficient (Wildman–Crippen LogP) is 5.78. The van der Waals surface area contributed by atoms with Crippen LogP contribution >= 0.6 is 0 Å². The van der Waals surface area contributed by atoms with Crippen LogP contribution in [0.3, 0.4) is 0 Å². The van der Waals surface area contributed by atoms with Gasteiger partial charge in [-0.3, -0.25) is 9.55 Å². The molecule has 2 heterocycles. The first-order valence-corrected chi connectivity index (χ1v) is 10.1. The predicted molar refractivity (Wildman–Crippen MR) is 116 cm³/mol. The smallest absolute Gasteiger partial charge is 0.114 e. The van der Waals surface area contributed by atoms with E-state index >= 15 is 0 Å². The lowest BCUT2D eigenvalue weighted by molar-refractivity contribution is 0.761.